The Morgan fingerprint density at radius 1 is 1.00 bits per heavy atom. The van der Waals surface area contributed by atoms with Crippen molar-refractivity contribution in [3.8, 4) is 0 Å². The van der Waals surface area contributed by atoms with Gasteiger partial charge in [-0.2, -0.15) is 5.06 Å². The molecule has 1 aliphatic rings. The van der Waals surface area contributed by atoms with E-state index in [1.54, 1.807) is 0 Å². The van der Waals surface area contributed by atoms with E-state index < -0.39 is 0 Å². The van der Waals surface area contributed by atoms with E-state index >= 15 is 0 Å². The fourth-order valence-electron chi connectivity index (χ4n) is 2.26. The van der Waals surface area contributed by atoms with Crippen LogP contribution in [0.2, 0.25) is 0 Å². The summed E-state index contributed by atoms with van der Waals surface area (Å²) >= 11 is 0. The molecule has 2 aromatic rings. The van der Waals surface area contributed by atoms with Crippen LogP contribution in [-0.4, -0.2) is 24.7 Å². The van der Waals surface area contributed by atoms with Gasteiger partial charge in [0.1, 0.15) is 6.67 Å². The largest absolute Gasteiger partial charge is 0.320 e. The highest BCUT2D eigenvalue weighted by atomic mass is 16.7. The fraction of sp³-hybridized carbons (Fsp3) is 0.133. The second kappa shape index (κ2) is 4.74. The van der Waals surface area contributed by atoms with Crippen LogP contribution in [0.1, 0.15) is 10.4 Å². The van der Waals surface area contributed by atoms with Crippen molar-refractivity contribution < 1.29 is 9.63 Å². The Kier molecular flexibility index (Phi) is 2.93. The average molecular weight is 254 g/mol. The van der Waals surface area contributed by atoms with E-state index in [1.807, 2.05) is 54.6 Å². The standard InChI is InChI=1S/C15H14N2O2/c1-19-17-11-16(12-7-3-2-4-8-12)14-10-6-5-9-13(14)15(17)18/h2-10H,11H2,1H3. The number of fused-ring (bicyclic) bond motifs is 1. The first-order valence-electron chi connectivity index (χ1n) is 6.09. The molecule has 4 nitrogen and oxygen atoms in total. The highest BCUT2D eigenvalue weighted by molar-refractivity contribution is 6.02. The average Bonchev–Trinajstić information content (AvgIpc) is 2.49. The number of rotatable bonds is 2. The lowest BCUT2D eigenvalue weighted by molar-refractivity contribution is -0.0951. The van der Waals surface area contributed by atoms with Crippen molar-refractivity contribution in [3.05, 3.63) is 60.2 Å². The van der Waals surface area contributed by atoms with Crippen molar-refractivity contribution in [2.45, 2.75) is 0 Å². The van der Waals surface area contributed by atoms with Gasteiger partial charge < -0.3 is 4.90 Å². The summed E-state index contributed by atoms with van der Waals surface area (Å²) in [6, 6.07) is 17.5. The van der Waals surface area contributed by atoms with Crippen LogP contribution in [0, 0.1) is 0 Å². The van der Waals surface area contributed by atoms with Gasteiger partial charge in [-0.05, 0) is 24.3 Å². The first kappa shape index (κ1) is 11.7. The van der Waals surface area contributed by atoms with Crippen LogP contribution in [0.3, 0.4) is 0 Å². The number of carbonyl (C=O) groups excluding carboxylic acids is 1. The Labute approximate surface area is 111 Å². The molecule has 4 heteroatoms. The van der Waals surface area contributed by atoms with Gasteiger partial charge in [0.2, 0.25) is 0 Å². The van der Waals surface area contributed by atoms with Gasteiger partial charge in [-0.25, -0.2) is 0 Å². The summed E-state index contributed by atoms with van der Waals surface area (Å²) < 4.78 is 0. The van der Waals surface area contributed by atoms with Crippen LogP contribution < -0.4 is 4.90 Å². The van der Waals surface area contributed by atoms with Gasteiger partial charge in [-0.15, -0.1) is 0 Å². The fourth-order valence-corrected chi connectivity index (χ4v) is 2.26. The van der Waals surface area contributed by atoms with E-state index in [9.17, 15) is 4.79 Å². The van der Waals surface area contributed by atoms with Crippen molar-refractivity contribution >= 4 is 17.3 Å². The molecule has 0 saturated carbocycles. The maximum atomic E-state index is 12.2. The molecule has 3 rings (SSSR count). The molecule has 1 amide bonds. The molecule has 0 aliphatic carbocycles. The topological polar surface area (TPSA) is 32.8 Å². The number of hydrogen-bond donors (Lipinski definition) is 0. The number of hydrogen-bond acceptors (Lipinski definition) is 3. The number of carbonyl (C=O) groups is 1. The van der Waals surface area contributed by atoms with Crippen molar-refractivity contribution in [1.82, 2.24) is 5.06 Å². The molecule has 0 saturated heterocycles. The predicted molar refractivity (Wildman–Crippen MR) is 73.1 cm³/mol. The van der Waals surface area contributed by atoms with Gasteiger partial charge in [-0.3, -0.25) is 9.63 Å². The normalized spacial score (nSPS) is 14.5. The zero-order chi connectivity index (χ0) is 13.2. The molecule has 0 radical (unpaired) electrons. The zero-order valence-corrected chi connectivity index (χ0v) is 10.6. The van der Waals surface area contributed by atoms with E-state index in [0.717, 1.165) is 11.4 Å². The summed E-state index contributed by atoms with van der Waals surface area (Å²) in [5, 5.41) is 1.36. The van der Waals surface area contributed by atoms with Crippen molar-refractivity contribution in [3.63, 3.8) is 0 Å². The summed E-state index contributed by atoms with van der Waals surface area (Å²) in [6.45, 7) is 0.385. The van der Waals surface area contributed by atoms with Crippen molar-refractivity contribution in [2.75, 3.05) is 18.7 Å². The number of benzene rings is 2. The SMILES string of the molecule is CON1CN(c2ccccc2)c2ccccc2C1=O. The molecule has 0 fully saturated rings. The van der Waals surface area contributed by atoms with Gasteiger partial charge in [0.15, 0.2) is 0 Å². The third-order valence-electron chi connectivity index (χ3n) is 3.21. The predicted octanol–water partition coefficient (Wildman–Crippen LogP) is 2.80. The number of hydroxylamine groups is 2. The van der Waals surface area contributed by atoms with E-state index in [1.165, 1.54) is 12.2 Å². The van der Waals surface area contributed by atoms with E-state index in [-0.39, 0.29) is 5.91 Å². The zero-order valence-electron chi connectivity index (χ0n) is 10.6. The second-order valence-electron chi connectivity index (χ2n) is 4.29. The molecule has 0 unspecified atom stereocenters. The molecule has 1 aliphatic heterocycles. The lowest BCUT2D eigenvalue weighted by atomic mass is 10.1. The molecule has 0 aromatic heterocycles. The van der Waals surface area contributed by atoms with Crippen LogP contribution in [0.15, 0.2) is 54.6 Å². The first-order chi connectivity index (χ1) is 9.31. The second-order valence-corrected chi connectivity index (χ2v) is 4.29. The molecule has 1 heterocycles. The lowest BCUT2D eigenvalue weighted by Crippen LogP contribution is -2.43. The lowest BCUT2D eigenvalue weighted by Gasteiger charge is -2.36. The van der Waals surface area contributed by atoms with E-state index in [2.05, 4.69) is 4.90 Å². The minimum atomic E-state index is -0.106. The molecular formula is C15H14N2O2. The summed E-state index contributed by atoms with van der Waals surface area (Å²) in [5.41, 5.74) is 2.59. The van der Waals surface area contributed by atoms with Crippen LogP contribution in [0.4, 0.5) is 11.4 Å². The summed E-state index contributed by atoms with van der Waals surface area (Å²) in [4.78, 5) is 19.4. The molecule has 96 valence electrons. The molecule has 0 atom stereocenters. The Morgan fingerprint density at radius 3 is 2.42 bits per heavy atom. The molecular weight excluding hydrogens is 240 g/mol. The Balaban J connectivity index is 2.11. The Hall–Kier alpha value is -2.33. The van der Waals surface area contributed by atoms with Crippen LogP contribution in [0.5, 0.6) is 0 Å². The Morgan fingerprint density at radius 2 is 1.68 bits per heavy atom. The van der Waals surface area contributed by atoms with Crippen LogP contribution >= 0.6 is 0 Å². The van der Waals surface area contributed by atoms with E-state index in [4.69, 9.17) is 4.84 Å². The first-order valence-corrected chi connectivity index (χ1v) is 6.09. The monoisotopic (exact) mass is 254 g/mol. The number of amides is 1. The highest BCUT2D eigenvalue weighted by Gasteiger charge is 2.29. The van der Waals surface area contributed by atoms with Gasteiger partial charge in [0, 0.05) is 5.69 Å². The third kappa shape index (κ3) is 1.96. The van der Waals surface area contributed by atoms with Crippen LogP contribution in [0.25, 0.3) is 0 Å². The van der Waals surface area contributed by atoms with E-state index in [0.29, 0.717) is 12.2 Å². The molecule has 0 bridgehead atoms. The van der Waals surface area contributed by atoms with Crippen LogP contribution in [-0.2, 0) is 4.84 Å². The van der Waals surface area contributed by atoms with Gasteiger partial charge >= 0.3 is 0 Å². The van der Waals surface area contributed by atoms with Gasteiger partial charge in [-0.1, -0.05) is 30.3 Å². The summed E-state index contributed by atoms with van der Waals surface area (Å²) in [5.74, 6) is -0.106. The number of anilines is 2. The summed E-state index contributed by atoms with van der Waals surface area (Å²) in [7, 11) is 1.51. The molecule has 0 N–H and O–H groups in total. The molecule has 2 aromatic carbocycles. The van der Waals surface area contributed by atoms with Gasteiger partial charge in [0.05, 0.1) is 18.4 Å². The highest BCUT2D eigenvalue weighted by Crippen LogP contribution is 2.33. The van der Waals surface area contributed by atoms with Crippen molar-refractivity contribution in [1.29, 1.82) is 0 Å². The number of nitrogens with zero attached hydrogens (tertiary/aromatic N) is 2. The third-order valence-corrected chi connectivity index (χ3v) is 3.21. The van der Waals surface area contributed by atoms with Crippen molar-refractivity contribution in [2.24, 2.45) is 0 Å². The smallest absolute Gasteiger partial charge is 0.281 e. The Bertz CT molecular complexity index is 598. The summed E-state index contributed by atoms with van der Waals surface area (Å²) in [6.07, 6.45) is 0. The minimum Gasteiger partial charge on any atom is -0.320 e. The molecule has 0 spiro atoms. The maximum absolute atomic E-state index is 12.2. The van der Waals surface area contributed by atoms with Gasteiger partial charge in [0.25, 0.3) is 5.91 Å². The minimum absolute atomic E-state index is 0.106. The quantitative estimate of drug-likeness (QED) is 0.826. The number of para-hydroxylation sites is 2. The molecule has 19 heavy (non-hydrogen) atoms. The maximum Gasteiger partial charge on any atom is 0.281 e.